The van der Waals surface area contributed by atoms with E-state index in [4.69, 9.17) is 23.7 Å². The van der Waals surface area contributed by atoms with Crippen LogP contribution in [0.1, 0.15) is 23.6 Å². The fourth-order valence-electron chi connectivity index (χ4n) is 4.62. The first-order chi connectivity index (χ1) is 17.8. The fraction of sp³-hybridized carbons (Fsp3) is 0.407. The first-order valence-corrected chi connectivity index (χ1v) is 11.9. The lowest BCUT2D eigenvalue weighted by Gasteiger charge is -2.27. The van der Waals surface area contributed by atoms with E-state index in [1.54, 1.807) is 30.3 Å². The Hall–Kier alpha value is -3.92. The minimum absolute atomic E-state index is 0.0270. The first-order valence-electron chi connectivity index (χ1n) is 11.9. The van der Waals surface area contributed by atoms with Crippen molar-refractivity contribution in [2.75, 3.05) is 61.7 Å². The van der Waals surface area contributed by atoms with Crippen molar-refractivity contribution in [2.45, 2.75) is 12.5 Å². The van der Waals surface area contributed by atoms with Crippen LogP contribution in [-0.2, 0) is 9.59 Å². The van der Waals surface area contributed by atoms with Crippen LogP contribution in [0.2, 0.25) is 0 Å². The predicted molar refractivity (Wildman–Crippen MR) is 136 cm³/mol. The number of ether oxygens (including phenoxy) is 5. The second kappa shape index (κ2) is 11.0. The molecule has 2 aliphatic rings. The standard InChI is InChI=1S/C27H32N2O8/c1-28(2)9-6-10-29-23(17-14-20(33-3)26(35-5)21(15-17)34-4)22(25(31)27(29)32)24(30)16-7-8-18-19(13-16)37-12-11-36-18/h7-8,13-15,23,30H,6,9-12H2,1-5H3/t23-/m0/s1. The molecule has 37 heavy (non-hydrogen) atoms. The van der Waals surface area contributed by atoms with Crippen molar-refractivity contribution in [3.05, 3.63) is 47.0 Å². The summed E-state index contributed by atoms with van der Waals surface area (Å²) in [7, 11) is 8.35. The van der Waals surface area contributed by atoms with E-state index >= 15 is 0 Å². The van der Waals surface area contributed by atoms with E-state index in [1.165, 1.54) is 26.2 Å². The van der Waals surface area contributed by atoms with Gasteiger partial charge in [-0.05, 0) is 63.0 Å². The molecule has 2 heterocycles. The van der Waals surface area contributed by atoms with Crippen LogP contribution in [0.25, 0.3) is 5.76 Å². The van der Waals surface area contributed by atoms with Gasteiger partial charge in [0, 0.05) is 12.1 Å². The molecule has 2 aliphatic heterocycles. The van der Waals surface area contributed by atoms with E-state index in [9.17, 15) is 14.7 Å². The summed E-state index contributed by atoms with van der Waals surface area (Å²) in [6.07, 6.45) is 0.630. The highest BCUT2D eigenvalue weighted by molar-refractivity contribution is 6.46. The van der Waals surface area contributed by atoms with Crippen LogP contribution < -0.4 is 23.7 Å². The van der Waals surface area contributed by atoms with Crippen molar-refractivity contribution in [3.63, 3.8) is 0 Å². The van der Waals surface area contributed by atoms with E-state index in [0.29, 0.717) is 72.6 Å². The average molecular weight is 513 g/mol. The lowest BCUT2D eigenvalue weighted by Crippen LogP contribution is -2.32. The van der Waals surface area contributed by atoms with Gasteiger partial charge in [-0.15, -0.1) is 0 Å². The largest absolute Gasteiger partial charge is 0.507 e. The molecule has 1 amide bonds. The molecule has 1 N–H and O–H groups in total. The number of carbonyl (C=O) groups is 2. The number of aliphatic hydroxyl groups excluding tert-OH is 1. The van der Waals surface area contributed by atoms with E-state index in [-0.39, 0.29) is 11.3 Å². The molecule has 0 spiro atoms. The molecule has 0 unspecified atom stereocenters. The molecule has 0 radical (unpaired) electrons. The summed E-state index contributed by atoms with van der Waals surface area (Å²) in [5, 5.41) is 11.4. The van der Waals surface area contributed by atoms with Crippen LogP contribution in [0, 0.1) is 0 Å². The predicted octanol–water partition coefficient (Wildman–Crippen LogP) is 2.86. The van der Waals surface area contributed by atoms with Crippen molar-refractivity contribution < 1.29 is 38.4 Å². The Labute approximate surface area is 215 Å². The average Bonchev–Trinajstić information content (AvgIpc) is 3.16. The molecule has 1 atom stereocenters. The Morgan fingerprint density at radius 1 is 1.00 bits per heavy atom. The van der Waals surface area contributed by atoms with Crippen LogP contribution in [0.15, 0.2) is 35.9 Å². The number of likely N-dealkylation sites (tertiary alicyclic amines) is 1. The first kappa shape index (κ1) is 26.2. The normalized spacial score (nSPS) is 18.3. The summed E-state index contributed by atoms with van der Waals surface area (Å²) in [5.74, 6) is 0.375. The van der Waals surface area contributed by atoms with Crippen LogP contribution in [0.5, 0.6) is 28.7 Å². The van der Waals surface area contributed by atoms with E-state index in [1.807, 2.05) is 19.0 Å². The van der Waals surface area contributed by atoms with Crippen LogP contribution >= 0.6 is 0 Å². The number of hydrogen-bond donors (Lipinski definition) is 1. The van der Waals surface area contributed by atoms with E-state index in [2.05, 4.69) is 0 Å². The molecule has 0 aliphatic carbocycles. The molecule has 198 valence electrons. The Morgan fingerprint density at radius 2 is 1.65 bits per heavy atom. The van der Waals surface area contributed by atoms with Crippen molar-refractivity contribution in [2.24, 2.45) is 0 Å². The molecular weight excluding hydrogens is 480 g/mol. The molecule has 1 fully saturated rings. The Bertz CT molecular complexity index is 1200. The number of ketones is 1. The summed E-state index contributed by atoms with van der Waals surface area (Å²) >= 11 is 0. The molecular formula is C27H32N2O8. The van der Waals surface area contributed by atoms with Gasteiger partial charge >= 0.3 is 0 Å². The zero-order chi connectivity index (χ0) is 26.7. The summed E-state index contributed by atoms with van der Waals surface area (Å²) in [4.78, 5) is 30.1. The van der Waals surface area contributed by atoms with Gasteiger partial charge in [-0.1, -0.05) is 0 Å². The molecule has 2 aromatic carbocycles. The fourth-order valence-corrected chi connectivity index (χ4v) is 4.62. The summed E-state index contributed by atoms with van der Waals surface area (Å²) in [6, 6.07) is 7.42. The molecule has 0 saturated carbocycles. The number of nitrogens with zero attached hydrogens (tertiary/aromatic N) is 2. The number of rotatable bonds is 9. The van der Waals surface area contributed by atoms with Gasteiger partial charge in [0.25, 0.3) is 11.7 Å². The maximum absolute atomic E-state index is 13.4. The number of fused-ring (bicyclic) bond motifs is 1. The van der Waals surface area contributed by atoms with Crippen LogP contribution in [0.3, 0.4) is 0 Å². The third-order valence-electron chi connectivity index (χ3n) is 6.36. The number of amides is 1. The molecule has 2 aromatic rings. The molecule has 0 bridgehead atoms. The topological polar surface area (TPSA) is 107 Å². The summed E-state index contributed by atoms with van der Waals surface area (Å²) < 4.78 is 27.7. The number of Topliss-reactive ketones (excluding diaryl/α,β-unsaturated/α-hetero) is 1. The number of methoxy groups -OCH3 is 3. The SMILES string of the molecule is COc1cc([C@H]2C(=C(O)c3ccc4c(c3)OCCO4)C(=O)C(=O)N2CCCN(C)C)cc(OC)c1OC. The third-order valence-corrected chi connectivity index (χ3v) is 6.36. The Morgan fingerprint density at radius 3 is 2.24 bits per heavy atom. The van der Waals surface area contributed by atoms with Crippen molar-refractivity contribution >= 4 is 17.4 Å². The minimum Gasteiger partial charge on any atom is -0.507 e. The maximum Gasteiger partial charge on any atom is 0.295 e. The maximum atomic E-state index is 13.4. The van der Waals surface area contributed by atoms with Crippen molar-refractivity contribution in [3.8, 4) is 28.7 Å². The molecule has 10 heteroatoms. The number of aliphatic hydroxyl groups is 1. The van der Waals surface area contributed by atoms with Gasteiger partial charge < -0.3 is 38.6 Å². The minimum atomic E-state index is -0.871. The second-order valence-corrected chi connectivity index (χ2v) is 8.97. The Balaban J connectivity index is 1.87. The van der Waals surface area contributed by atoms with Crippen LogP contribution in [0.4, 0.5) is 0 Å². The van der Waals surface area contributed by atoms with Crippen LogP contribution in [-0.4, -0.2) is 88.3 Å². The summed E-state index contributed by atoms with van der Waals surface area (Å²) in [6.45, 7) is 1.82. The van der Waals surface area contributed by atoms with Gasteiger partial charge in [0.2, 0.25) is 5.75 Å². The van der Waals surface area contributed by atoms with Crippen molar-refractivity contribution in [1.29, 1.82) is 0 Å². The highest BCUT2D eigenvalue weighted by Crippen LogP contribution is 2.46. The monoisotopic (exact) mass is 512 g/mol. The van der Waals surface area contributed by atoms with Crippen molar-refractivity contribution in [1.82, 2.24) is 9.80 Å². The lowest BCUT2D eigenvalue weighted by atomic mass is 9.94. The third kappa shape index (κ3) is 5.01. The quantitative estimate of drug-likeness (QED) is 0.308. The molecule has 10 nitrogen and oxygen atoms in total. The van der Waals surface area contributed by atoms with Gasteiger partial charge in [-0.3, -0.25) is 9.59 Å². The Kier molecular flexibility index (Phi) is 7.77. The van der Waals surface area contributed by atoms with Gasteiger partial charge in [0.1, 0.15) is 19.0 Å². The molecule has 4 rings (SSSR count). The van der Waals surface area contributed by atoms with E-state index in [0.717, 1.165) is 0 Å². The van der Waals surface area contributed by atoms with Gasteiger partial charge in [0.05, 0.1) is 32.9 Å². The number of hydrogen-bond acceptors (Lipinski definition) is 9. The lowest BCUT2D eigenvalue weighted by molar-refractivity contribution is -0.139. The van der Waals surface area contributed by atoms with Gasteiger partial charge in [-0.25, -0.2) is 0 Å². The molecule has 1 saturated heterocycles. The zero-order valence-corrected chi connectivity index (χ0v) is 21.7. The smallest absolute Gasteiger partial charge is 0.295 e. The second-order valence-electron chi connectivity index (χ2n) is 8.97. The number of carbonyl (C=O) groups excluding carboxylic acids is 2. The molecule has 0 aromatic heterocycles. The van der Waals surface area contributed by atoms with Gasteiger partial charge in [-0.2, -0.15) is 0 Å². The highest BCUT2D eigenvalue weighted by Gasteiger charge is 2.46. The highest BCUT2D eigenvalue weighted by atomic mass is 16.6. The summed E-state index contributed by atoms with van der Waals surface area (Å²) in [5.41, 5.74) is 0.853. The number of benzene rings is 2. The van der Waals surface area contributed by atoms with Gasteiger partial charge in [0.15, 0.2) is 23.0 Å². The van der Waals surface area contributed by atoms with E-state index < -0.39 is 17.7 Å². The zero-order valence-electron chi connectivity index (χ0n) is 21.7.